The molecule has 1 aromatic carbocycles. The Morgan fingerprint density at radius 3 is 1.45 bits per heavy atom. The predicted octanol–water partition coefficient (Wildman–Crippen LogP) is 8.18. The van der Waals surface area contributed by atoms with Crippen molar-refractivity contribution in [1.82, 2.24) is 5.32 Å². The molecule has 2 N–H and O–H groups in total. The van der Waals surface area contributed by atoms with Gasteiger partial charge in [-0.05, 0) is 50.0 Å². The Hall–Kier alpha value is -1.02. The summed E-state index contributed by atoms with van der Waals surface area (Å²) in [6.45, 7) is 4.55. The van der Waals surface area contributed by atoms with Crippen LogP contribution in [0.2, 0.25) is 0 Å². The number of hydrogen-bond donors (Lipinski definition) is 2. The van der Waals surface area contributed by atoms with Crippen molar-refractivity contribution in [3.63, 3.8) is 0 Å². The van der Waals surface area contributed by atoms with E-state index in [1.165, 1.54) is 115 Å². The quantitative estimate of drug-likeness (QED) is 0.203. The highest BCUT2D eigenvalue weighted by molar-refractivity contribution is 5.25. The lowest BCUT2D eigenvalue weighted by atomic mass is 10.0. The Balaban J connectivity index is 1.69. The van der Waals surface area contributed by atoms with Crippen LogP contribution in [0.1, 0.15) is 122 Å². The first kappa shape index (κ1) is 26.0. The lowest BCUT2D eigenvalue weighted by molar-refractivity contribution is 0.475. The lowest BCUT2D eigenvalue weighted by Gasteiger charge is -2.06. The summed E-state index contributed by atoms with van der Waals surface area (Å²) in [6, 6.07) is 7.59. The highest BCUT2D eigenvalue weighted by Gasteiger charge is 1.96. The van der Waals surface area contributed by atoms with Gasteiger partial charge in [-0.2, -0.15) is 0 Å². The molecule has 0 amide bonds. The number of aryl methyl sites for hydroxylation is 1. The molecule has 0 radical (unpaired) electrons. The van der Waals surface area contributed by atoms with Gasteiger partial charge >= 0.3 is 0 Å². The van der Waals surface area contributed by atoms with Crippen LogP contribution in [-0.4, -0.2) is 18.2 Å². The number of hydrogen-bond acceptors (Lipinski definition) is 2. The van der Waals surface area contributed by atoms with Gasteiger partial charge in [-0.1, -0.05) is 115 Å². The second kappa shape index (κ2) is 20.3. The molecule has 168 valence electrons. The van der Waals surface area contributed by atoms with Gasteiger partial charge in [-0.25, -0.2) is 0 Å². The van der Waals surface area contributed by atoms with E-state index < -0.39 is 0 Å². The minimum atomic E-state index is 0.357. The van der Waals surface area contributed by atoms with Crippen LogP contribution in [0.5, 0.6) is 5.75 Å². The molecule has 2 nitrogen and oxygen atoms in total. The van der Waals surface area contributed by atoms with Crippen LogP contribution in [0, 0.1) is 0 Å². The zero-order valence-electron chi connectivity index (χ0n) is 19.4. The molecule has 0 aliphatic rings. The van der Waals surface area contributed by atoms with Crippen molar-refractivity contribution >= 4 is 0 Å². The molecule has 0 aromatic heterocycles. The van der Waals surface area contributed by atoms with E-state index in [0.29, 0.717) is 5.75 Å². The highest BCUT2D eigenvalue weighted by atomic mass is 16.3. The third kappa shape index (κ3) is 17.5. The van der Waals surface area contributed by atoms with E-state index in [1.807, 2.05) is 12.1 Å². The zero-order chi connectivity index (χ0) is 20.8. The molecule has 0 atom stereocenters. The van der Waals surface area contributed by atoms with Crippen molar-refractivity contribution in [3.8, 4) is 5.75 Å². The normalized spacial score (nSPS) is 11.2. The Kier molecular flexibility index (Phi) is 18.2. The molecule has 0 saturated heterocycles. The second-order valence-corrected chi connectivity index (χ2v) is 8.82. The number of aromatic hydroxyl groups is 1. The van der Waals surface area contributed by atoms with E-state index in [2.05, 4.69) is 12.2 Å². The standard InChI is InChI=1S/C27H49NO/c1-2-3-4-5-6-7-8-9-10-11-12-13-14-15-16-17-24-28-25-18-19-26-20-22-27(29)23-21-26/h20-23,28-29H,2-19,24-25H2,1H3. The first-order valence-corrected chi connectivity index (χ1v) is 12.8. The van der Waals surface area contributed by atoms with Gasteiger partial charge in [-0.15, -0.1) is 0 Å². The molecule has 0 fully saturated rings. The maximum Gasteiger partial charge on any atom is 0.115 e. The van der Waals surface area contributed by atoms with E-state index in [1.54, 1.807) is 12.1 Å². The van der Waals surface area contributed by atoms with Gasteiger partial charge in [0.1, 0.15) is 5.75 Å². The Morgan fingerprint density at radius 2 is 0.966 bits per heavy atom. The number of unbranched alkanes of at least 4 members (excludes halogenated alkanes) is 15. The fourth-order valence-electron chi connectivity index (χ4n) is 4.00. The molecule has 0 saturated carbocycles. The van der Waals surface area contributed by atoms with E-state index in [-0.39, 0.29) is 0 Å². The predicted molar refractivity (Wildman–Crippen MR) is 129 cm³/mol. The van der Waals surface area contributed by atoms with Crippen LogP contribution in [0.25, 0.3) is 0 Å². The van der Waals surface area contributed by atoms with Crippen molar-refractivity contribution in [3.05, 3.63) is 29.8 Å². The summed E-state index contributed by atoms with van der Waals surface area (Å²) in [5.41, 5.74) is 1.31. The maximum absolute atomic E-state index is 9.28. The number of benzene rings is 1. The van der Waals surface area contributed by atoms with Crippen LogP contribution >= 0.6 is 0 Å². The maximum atomic E-state index is 9.28. The summed E-state index contributed by atoms with van der Waals surface area (Å²) in [6.07, 6.45) is 25.2. The first-order valence-electron chi connectivity index (χ1n) is 12.8. The van der Waals surface area contributed by atoms with Gasteiger partial charge in [0.05, 0.1) is 0 Å². The van der Waals surface area contributed by atoms with Gasteiger partial charge in [-0.3, -0.25) is 0 Å². The Morgan fingerprint density at radius 1 is 0.552 bits per heavy atom. The van der Waals surface area contributed by atoms with Gasteiger partial charge in [0.2, 0.25) is 0 Å². The topological polar surface area (TPSA) is 32.3 Å². The van der Waals surface area contributed by atoms with Crippen molar-refractivity contribution < 1.29 is 5.11 Å². The average molecular weight is 404 g/mol. The summed E-state index contributed by atoms with van der Waals surface area (Å²) >= 11 is 0. The van der Waals surface area contributed by atoms with Crippen molar-refractivity contribution in [1.29, 1.82) is 0 Å². The molecular weight excluding hydrogens is 354 g/mol. The SMILES string of the molecule is CCCCCCCCCCCCCCCCCCNCCCc1ccc(O)cc1. The largest absolute Gasteiger partial charge is 0.508 e. The van der Waals surface area contributed by atoms with Crippen molar-refractivity contribution in [2.75, 3.05) is 13.1 Å². The third-order valence-corrected chi connectivity index (χ3v) is 5.96. The van der Waals surface area contributed by atoms with Crippen molar-refractivity contribution in [2.24, 2.45) is 0 Å². The lowest BCUT2D eigenvalue weighted by Crippen LogP contribution is -2.17. The van der Waals surface area contributed by atoms with E-state index >= 15 is 0 Å². The van der Waals surface area contributed by atoms with Crippen LogP contribution in [0.15, 0.2) is 24.3 Å². The van der Waals surface area contributed by atoms with E-state index in [9.17, 15) is 5.11 Å². The molecule has 2 heteroatoms. The van der Waals surface area contributed by atoms with Crippen LogP contribution < -0.4 is 5.32 Å². The molecule has 0 unspecified atom stereocenters. The average Bonchev–Trinajstić information content (AvgIpc) is 2.73. The molecule has 0 aliphatic heterocycles. The molecule has 0 aliphatic carbocycles. The van der Waals surface area contributed by atoms with Crippen LogP contribution in [0.4, 0.5) is 0 Å². The minimum Gasteiger partial charge on any atom is -0.508 e. The fraction of sp³-hybridized carbons (Fsp3) is 0.778. The molecular formula is C27H49NO. The van der Waals surface area contributed by atoms with Crippen LogP contribution in [-0.2, 0) is 6.42 Å². The van der Waals surface area contributed by atoms with Gasteiger partial charge < -0.3 is 10.4 Å². The van der Waals surface area contributed by atoms with Gasteiger partial charge in [0, 0.05) is 0 Å². The summed E-state index contributed by atoms with van der Waals surface area (Å²) in [5.74, 6) is 0.357. The minimum absolute atomic E-state index is 0.357. The molecule has 0 spiro atoms. The summed E-state index contributed by atoms with van der Waals surface area (Å²) in [7, 11) is 0. The summed E-state index contributed by atoms with van der Waals surface area (Å²) in [4.78, 5) is 0. The number of rotatable bonds is 21. The second-order valence-electron chi connectivity index (χ2n) is 8.82. The summed E-state index contributed by atoms with van der Waals surface area (Å²) < 4.78 is 0. The molecule has 1 aromatic rings. The monoisotopic (exact) mass is 403 g/mol. The third-order valence-electron chi connectivity index (χ3n) is 5.96. The Bertz CT molecular complexity index is 442. The van der Waals surface area contributed by atoms with Gasteiger partial charge in [0.15, 0.2) is 0 Å². The zero-order valence-corrected chi connectivity index (χ0v) is 19.4. The van der Waals surface area contributed by atoms with Gasteiger partial charge in [0.25, 0.3) is 0 Å². The number of phenolic OH excluding ortho intramolecular Hbond substituents is 1. The number of phenols is 1. The molecule has 0 heterocycles. The molecule has 29 heavy (non-hydrogen) atoms. The smallest absolute Gasteiger partial charge is 0.115 e. The first-order chi connectivity index (χ1) is 14.3. The highest BCUT2D eigenvalue weighted by Crippen LogP contribution is 2.14. The van der Waals surface area contributed by atoms with E-state index in [0.717, 1.165) is 19.5 Å². The fourth-order valence-corrected chi connectivity index (χ4v) is 4.00. The van der Waals surface area contributed by atoms with E-state index in [4.69, 9.17) is 0 Å². The Labute approximate surface area is 181 Å². The summed E-state index contributed by atoms with van der Waals surface area (Å²) in [5, 5.41) is 12.9. The molecule has 1 rings (SSSR count). The number of nitrogens with one attached hydrogen (secondary N) is 1. The van der Waals surface area contributed by atoms with Crippen molar-refractivity contribution in [2.45, 2.75) is 122 Å². The van der Waals surface area contributed by atoms with Crippen LogP contribution in [0.3, 0.4) is 0 Å². The molecule has 0 bridgehead atoms.